The van der Waals surface area contributed by atoms with Gasteiger partial charge in [-0.2, -0.15) is 0 Å². The monoisotopic (exact) mass is 201 g/mol. The molecular weight excluding hydrogens is 182 g/mol. The van der Waals surface area contributed by atoms with Crippen LogP contribution in [0, 0.1) is 0 Å². The van der Waals surface area contributed by atoms with Crippen molar-refractivity contribution in [2.75, 3.05) is 27.2 Å². The van der Waals surface area contributed by atoms with Gasteiger partial charge in [-0.1, -0.05) is 0 Å². The average molecular weight is 201 g/mol. The van der Waals surface area contributed by atoms with E-state index in [1.165, 1.54) is 0 Å². The van der Waals surface area contributed by atoms with Crippen molar-refractivity contribution >= 4 is 5.90 Å². The first-order valence-electron chi connectivity index (χ1n) is 4.84. The molecule has 0 amide bonds. The van der Waals surface area contributed by atoms with E-state index in [1.807, 2.05) is 14.0 Å². The summed E-state index contributed by atoms with van der Waals surface area (Å²) in [6, 6.07) is -0.00291. The van der Waals surface area contributed by atoms with Crippen molar-refractivity contribution in [1.29, 1.82) is 0 Å². The Morgan fingerprint density at radius 2 is 2.43 bits per heavy atom. The van der Waals surface area contributed by atoms with Crippen molar-refractivity contribution in [2.24, 2.45) is 10.7 Å². The van der Waals surface area contributed by atoms with Gasteiger partial charge in [0, 0.05) is 20.2 Å². The molecule has 0 aromatic rings. The van der Waals surface area contributed by atoms with Crippen molar-refractivity contribution in [1.82, 2.24) is 5.32 Å². The molecule has 1 rings (SSSR count). The van der Waals surface area contributed by atoms with Gasteiger partial charge in [0.25, 0.3) is 0 Å². The number of hydrogen-bond acceptors (Lipinski definition) is 5. The fourth-order valence-electron chi connectivity index (χ4n) is 1.21. The van der Waals surface area contributed by atoms with Gasteiger partial charge in [0.05, 0.1) is 12.1 Å². The first-order chi connectivity index (χ1) is 6.72. The van der Waals surface area contributed by atoms with Crippen LogP contribution in [0.25, 0.3) is 0 Å². The minimum Gasteiger partial charge on any atom is -0.464 e. The minimum absolute atomic E-state index is 0.00291. The second kappa shape index (κ2) is 5.29. The maximum atomic E-state index is 5.59. The Morgan fingerprint density at radius 3 is 2.93 bits per heavy atom. The minimum atomic E-state index is -0.00291. The predicted molar refractivity (Wildman–Crippen MR) is 55.5 cm³/mol. The first kappa shape index (κ1) is 11.4. The van der Waals surface area contributed by atoms with Crippen LogP contribution >= 0.6 is 0 Å². The van der Waals surface area contributed by atoms with E-state index < -0.39 is 0 Å². The Labute approximate surface area is 84.7 Å². The molecule has 5 heteroatoms. The number of nitrogens with one attached hydrogen (secondary N) is 1. The third kappa shape index (κ3) is 2.94. The van der Waals surface area contributed by atoms with Crippen molar-refractivity contribution < 1.29 is 9.47 Å². The maximum absolute atomic E-state index is 5.59. The third-order valence-electron chi connectivity index (χ3n) is 2.32. The molecule has 0 aliphatic carbocycles. The Hall–Kier alpha value is -0.650. The summed E-state index contributed by atoms with van der Waals surface area (Å²) in [5, 5.41) is 3.03. The molecule has 0 bridgehead atoms. The van der Waals surface area contributed by atoms with Gasteiger partial charge in [0.2, 0.25) is 5.90 Å². The predicted octanol–water partition coefficient (Wildman–Crippen LogP) is -0.635. The smallest absolute Gasteiger partial charge is 0.228 e. The number of epoxide rings is 1. The molecule has 3 N–H and O–H groups in total. The summed E-state index contributed by atoms with van der Waals surface area (Å²) in [5.41, 5.74) is 5.59. The molecule has 1 aliphatic heterocycles. The molecule has 1 saturated heterocycles. The van der Waals surface area contributed by atoms with Gasteiger partial charge in [-0.3, -0.25) is 0 Å². The molecule has 0 saturated carbocycles. The van der Waals surface area contributed by atoms with Crippen LogP contribution in [0.5, 0.6) is 0 Å². The van der Waals surface area contributed by atoms with E-state index in [4.69, 9.17) is 15.2 Å². The molecule has 82 valence electrons. The van der Waals surface area contributed by atoms with Crippen LogP contribution < -0.4 is 11.1 Å². The van der Waals surface area contributed by atoms with E-state index >= 15 is 0 Å². The zero-order valence-corrected chi connectivity index (χ0v) is 8.99. The SMILES string of the molecule is CNC[C@@H]1OC1=NC(CN)C(C)OC. The Bertz CT molecular complexity index is 208. The van der Waals surface area contributed by atoms with Crippen molar-refractivity contribution in [3.05, 3.63) is 0 Å². The summed E-state index contributed by atoms with van der Waals surface area (Å²) in [5.74, 6) is 0.790. The number of hydrogen-bond donors (Lipinski definition) is 2. The summed E-state index contributed by atoms with van der Waals surface area (Å²) in [7, 11) is 3.55. The quantitative estimate of drug-likeness (QED) is 0.561. The number of nitrogens with zero attached hydrogens (tertiary/aromatic N) is 1. The first-order valence-corrected chi connectivity index (χ1v) is 4.84. The standard InChI is InChI=1S/C9H19N3O2/c1-6(13-3)7(4-10)12-9-8(14-9)5-11-2/h6-8,11H,4-5,10H2,1-3H3/t6?,7?,8-/m0/s1. The summed E-state index contributed by atoms with van der Waals surface area (Å²) in [6.07, 6.45) is 0.171. The highest BCUT2D eigenvalue weighted by Crippen LogP contribution is 2.16. The van der Waals surface area contributed by atoms with Gasteiger partial charge in [-0.05, 0) is 14.0 Å². The van der Waals surface area contributed by atoms with Crippen LogP contribution in [0.15, 0.2) is 4.99 Å². The van der Waals surface area contributed by atoms with Crippen LogP contribution in [0.4, 0.5) is 0 Å². The van der Waals surface area contributed by atoms with Gasteiger partial charge < -0.3 is 20.5 Å². The number of ether oxygens (including phenoxy) is 2. The molecule has 0 spiro atoms. The van der Waals surface area contributed by atoms with Crippen LogP contribution in [0.3, 0.4) is 0 Å². The zero-order chi connectivity index (χ0) is 10.6. The summed E-state index contributed by atoms with van der Waals surface area (Å²) < 4.78 is 10.4. The molecule has 1 aliphatic rings. The molecule has 5 nitrogen and oxygen atoms in total. The molecule has 3 atom stereocenters. The van der Waals surface area contributed by atoms with E-state index in [-0.39, 0.29) is 18.2 Å². The fraction of sp³-hybridized carbons (Fsp3) is 0.889. The van der Waals surface area contributed by atoms with E-state index in [0.29, 0.717) is 6.54 Å². The summed E-state index contributed by atoms with van der Waals surface area (Å²) in [6.45, 7) is 3.24. The van der Waals surface area contributed by atoms with Gasteiger partial charge >= 0.3 is 0 Å². The topological polar surface area (TPSA) is 72.2 Å². The molecule has 0 aromatic carbocycles. The molecule has 0 aromatic heterocycles. The van der Waals surface area contributed by atoms with Gasteiger partial charge in [0.1, 0.15) is 0 Å². The zero-order valence-electron chi connectivity index (χ0n) is 8.99. The number of methoxy groups -OCH3 is 1. The highest BCUT2D eigenvalue weighted by molar-refractivity contribution is 5.93. The lowest BCUT2D eigenvalue weighted by molar-refractivity contribution is 0.0984. The van der Waals surface area contributed by atoms with Crippen molar-refractivity contribution in [3.63, 3.8) is 0 Å². The van der Waals surface area contributed by atoms with E-state index in [1.54, 1.807) is 7.11 Å². The largest absolute Gasteiger partial charge is 0.464 e. The summed E-state index contributed by atoms with van der Waals surface area (Å²) >= 11 is 0. The summed E-state index contributed by atoms with van der Waals surface area (Å²) in [4.78, 5) is 4.38. The Balaban J connectivity index is 2.41. The lowest BCUT2D eigenvalue weighted by atomic mass is 10.2. The molecular formula is C9H19N3O2. The van der Waals surface area contributed by atoms with Crippen LogP contribution in [-0.4, -0.2) is 51.4 Å². The molecule has 1 heterocycles. The van der Waals surface area contributed by atoms with Crippen LogP contribution in [0.1, 0.15) is 6.92 Å². The van der Waals surface area contributed by atoms with E-state index in [0.717, 1.165) is 12.4 Å². The third-order valence-corrected chi connectivity index (χ3v) is 2.32. The second-order valence-electron chi connectivity index (χ2n) is 3.38. The average Bonchev–Trinajstić information content (AvgIpc) is 2.92. The fourth-order valence-corrected chi connectivity index (χ4v) is 1.21. The normalized spacial score (nSPS) is 27.1. The Morgan fingerprint density at radius 1 is 1.71 bits per heavy atom. The van der Waals surface area contributed by atoms with Gasteiger partial charge in [0.15, 0.2) is 6.10 Å². The molecule has 1 fully saturated rings. The van der Waals surface area contributed by atoms with Crippen molar-refractivity contribution in [2.45, 2.75) is 25.2 Å². The number of likely N-dealkylation sites (N-methyl/N-ethyl adjacent to an activating group) is 1. The van der Waals surface area contributed by atoms with Gasteiger partial charge in [-0.25, -0.2) is 4.99 Å². The molecule has 2 unspecified atom stereocenters. The van der Waals surface area contributed by atoms with Crippen LogP contribution in [0.2, 0.25) is 0 Å². The highest BCUT2D eigenvalue weighted by atomic mass is 16.6. The number of aliphatic imine (C=N–C) groups is 1. The number of rotatable bonds is 6. The lowest BCUT2D eigenvalue weighted by Gasteiger charge is -2.15. The number of nitrogens with two attached hydrogens (primary N) is 1. The van der Waals surface area contributed by atoms with Crippen LogP contribution in [-0.2, 0) is 9.47 Å². The molecule has 0 radical (unpaired) electrons. The highest BCUT2D eigenvalue weighted by Gasteiger charge is 2.35. The second-order valence-corrected chi connectivity index (χ2v) is 3.38. The Kier molecular flexibility index (Phi) is 4.31. The van der Waals surface area contributed by atoms with Crippen molar-refractivity contribution in [3.8, 4) is 0 Å². The van der Waals surface area contributed by atoms with E-state index in [9.17, 15) is 0 Å². The van der Waals surface area contributed by atoms with Gasteiger partial charge in [-0.15, -0.1) is 0 Å². The lowest BCUT2D eigenvalue weighted by Crippen LogP contribution is -2.31. The maximum Gasteiger partial charge on any atom is 0.228 e. The van der Waals surface area contributed by atoms with E-state index in [2.05, 4.69) is 10.3 Å². The molecule has 14 heavy (non-hydrogen) atoms.